The highest BCUT2D eigenvalue weighted by Gasteiger charge is 2.51. The third kappa shape index (κ3) is 3.20. The summed E-state index contributed by atoms with van der Waals surface area (Å²) in [7, 11) is 0. The van der Waals surface area contributed by atoms with Gasteiger partial charge in [0.1, 0.15) is 0 Å². The van der Waals surface area contributed by atoms with Gasteiger partial charge in [0.15, 0.2) is 11.4 Å². The number of benzene rings is 2. The van der Waals surface area contributed by atoms with E-state index in [1.165, 1.54) is 4.90 Å². The van der Waals surface area contributed by atoms with E-state index in [1.807, 2.05) is 32.9 Å². The van der Waals surface area contributed by atoms with Crippen molar-refractivity contribution in [1.29, 1.82) is 0 Å². The van der Waals surface area contributed by atoms with Crippen LogP contribution in [0, 0.1) is 33.1 Å². The maximum absolute atomic E-state index is 13.1. The molecular formula is C22H20BrNO3. The van der Waals surface area contributed by atoms with Crippen molar-refractivity contribution in [2.45, 2.75) is 32.8 Å². The van der Waals surface area contributed by atoms with Crippen LogP contribution in [0.3, 0.4) is 0 Å². The number of carbonyl (C=O) groups excluding carboxylic acids is 2. The molecule has 0 saturated heterocycles. The van der Waals surface area contributed by atoms with Gasteiger partial charge in [0.2, 0.25) is 0 Å². The smallest absolute Gasteiger partial charge is 0.265 e. The molecule has 0 unspecified atom stereocenters. The Morgan fingerprint density at radius 1 is 1.22 bits per heavy atom. The van der Waals surface area contributed by atoms with Gasteiger partial charge in [-0.3, -0.25) is 14.5 Å². The molecule has 4 nitrogen and oxygen atoms in total. The van der Waals surface area contributed by atoms with Crippen LogP contribution < -0.4 is 4.90 Å². The second-order valence-electron chi connectivity index (χ2n) is 6.99. The standard InChI is InChI=1S/C22H20BrNO3/c1-5-8-24-18-7-6-16(23)11-17(18)22(27,21(24)26)12-19(25)20-14(3)9-13(2)10-15(20)4/h1,6-7,9-11,27H,8,12H2,2-4H3/t22-/m1/s1. The predicted octanol–water partition coefficient (Wildman–Crippen LogP) is 3.81. The largest absolute Gasteiger partial charge is 0.375 e. The number of hydrogen-bond donors (Lipinski definition) is 1. The molecule has 1 heterocycles. The van der Waals surface area contributed by atoms with E-state index in [9.17, 15) is 14.7 Å². The minimum Gasteiger partial charge on any atom is -0.375 e. The number of amides is 1. The average molecular weight is 426 g/mol. The van der Waals surface area contributed by atoms with E-state index in [-0.39, 0.29) is 18.7 Å². The van der Waals surface area contributed by atoms with Gasteiger partial charge in [0.05, 0.1) is 18.7 Å². The van der Waals surface area contributed by atoms with Gasteiger partial charge < -0.3 is 5.11 Å². The minimum absolute atomic E-state index is 0.0343. The highest BCUT2D eigenvalue weighted by molar-refractivity contribution is 9.10. The van der Waals surface area contributed by atoms with Gasteiger partial charge in [0.25, 0.3) is 5.91 Å². The molecule has 138 valence electrons. The normalized spacial score (nSPS) is 18.4. The number of terminal acetylenes is 1. The number of aliphatic hydroxyl groups is 1. The first-order chi connectivity index (χ1) is 12.7. The number of aryl methyl sites for hydroxylation is 3. The fraction of sp³-hybridized carbons (Fsp3) is 0.273. The first-order valence-corrected chi connectivity index (χ1v) is 9.37. The number of halogens is 1. The summed E-state index contributed by atoms with van der Waals surface area (Å²) in [6.07, 6.45) is 5.06. The first kappa shape index (κ1) is 19.3. The summed E-state index contributed by atoms with van der Waals surface area (Å²) in [6.45, 7) is 5.73. The quantitative estimate of drug-likeness (QED) is 0.598. The number of rotatable bonds is 4. The molecule has 0 spiro atoms. The van der Waals surface area contributed by atoms with Crippen molar-refractivity contribution in [2.75, 3.05) is 11.4 Å². The molecule has 1 aliphatic heterocycles. The van der Waals surface area contributed by atoms with Crippen molar-refractivity contribution in [1.82, 2.24) is 0 Å². The lowest BCUT2D eigenvalue weighted by Crippen LogP contribution is -2.42. The van der Waals surface area contributed by atoms with E-state index in [4.69, 9.17) is 6.42 Å². The highest BCUT2D eigenvalue weighted by atomic mass is 79.9. The van der Waals surface area contributed by atoms with Crippen molar-refractivity contribution in [2.24, 2.45) is 0 Å². The van der Waals surface area contributed by atoms with Crippen molar-refractivity contribution < 1.29 is 14.7 Å². The molecule has 2 aromatic carbocycles. The Morgan fingerprint density at radius 2 is 1.85 bits per heavy atom. The summed E-state index contributed by atoms with van der Waals surface area (Å²) in [5.74, 6) is 1.61. The summed E-state index contributed by atoms with van der Waals surface area (Å²) in [5, 5.41) is 11.3. The third-order valence-electron chi connectivity index (χ3n) is 4.92. The Morgan fingerprint density at radius 3 is 2.44 bits per heavy atom. The van der Waals surface area contributed by atoms with Crippen molar-refractivity contribution in [3.8, 4) is 12.3 Å². The maximum atomic E-state index is 13.1. The van der Waals surface area contributed by atoms with E-state index in [2.05, 4.69) is 21.9 Å². The van der Waals surface area contributed by atoms with Crippen LogP contribution in [-0.4, -0.2) is 23.3 Å². The molecule has 1 N–H and O–H groups in total. The summed E-state index contributed by atoms with van der Waals surface area (Å²) in [4.78, 5) is 27.4. The Bertz CT molecular complexity index is 982. The van der Waals surface area contributed by atoms with Crippen molar-refractivity contribution in [3.63, 3.8) is 0 Å². The van der Waals surface area contributed by atoms with Gasteiger partial charge in [-0.1, -0.05) is 39.5 Å². The van der Waals surface area contributed by atoms with Crippen molar-refractivity contribution in [3.05, 3.63) is 62.6 Å². The van der Waals surface area contributed by atoms with Gasteiger partial charge in [0, 0.05) is 15.6 Å². The molecule has 1 aliphatic rings. The number of ketones is 1. The summed E-state index contributed by atoms with van der Waals surface area (Å²) in [6, 6.07) is 9.02. The lowest BCUT2D eigenvalue weighted by atomic mass is 9.85. The molecule has 1 atom stereocenters. The second-order valence-corrected chi connectivity index (χ2v) is 7.91. The van der Waals surface area contributed by atoms with Crippen LogP contribution in [0.5, 0.6) is 0 Å². The van der Waals surface area contributed by atoms with E-state index < -0.39 is 11.5 Å². The fourth-order valence-corrected chi connectivity index (χ4v) is 4.24. The molecule has 2 aromatic rings. The summed E-state index contributed by atoms with van der Waals surface area (Å²) in [5.41, 5.74) is 2.28. The number of Topliss-reactive ketones (excluding diaryl/α,β-unsaturated/α-hetero) is 1. The van der Waals surface area contributed by atoms with Crippen LogP contribution in [0.2, 0.25) is 0 Å². The molecule has 1 amide bonds. The predicted molar refractivity (Wildman–Crippen MR) is 109 cm³/mol. The van der Waals surface area contributed by atoms with Crippen LogP contribution in [-0.2, 0) is 10.4 Å². The first-order valence-electron chi connectivity index (χ1n) is 8.58. The van der Waals surface area contributed by atoms with Crippen molar-refractivity contribution >= 4 is 33.3 Å². The number of carbonyl (C=O) groups is 2. The van der Waals surface area contributed by atoms with Gasteiger partial charge in [-0.15, -0.1) is 6.42 Å². The lowest BCUT2D eigenvalue weighted by Gasteiger charge is -2.23. The maximum Gasteiger partial charge on any atom is 0.265 e. The number of anilines is 1. The highest BCUT2D eigenvalue weighted by Crippen LogP contribution is 2.44. The number of hydrogen-bond acceptors (Lipinski definition) is 3. The minimum atomic E-state index is -1.93. The average Bonchev–Trinajstić information content (AvgIpc) is 2.76. The van der Waals surface area contributed by atoms with Gasteiger partial charge in [-0.25, -0.2) is 0 Å². The number of fused-ring (bicyclic) bond motifs is 1. The molecule has 0 saturated carbocycles. The molecule has 0 bridgehead atoms. The molecule has 0 aliphatic carbocycles. The molecule has 3 rings (SSSR count). The summed E-state index contributed by atoms with van der Waals surface area (Å²) >= 11 is 3.37. The number of nitrogens with zero attached hydrogens (tertiary/aromatic N) is 1. The molecule has 27 heavy (non-hydrogen) atoms. The molecule has 0 fully saturated rings. The van der Waals surface area contributed by atoms with Crippen LogP contribution in [0.25, 0.3) is 0 Å². The zero-order chi connectivity index (χ0) is 19.9. The van der Waals surface area contributed by atoms with Gasteiger partial charge >= 0.3 is 0 Å². The van der Waals surface area contributed by atoms with Crippen LogP contribution in [0.4, 0.5) is 5.69 Å². The third-order valence-corrected chi connectivity index (χ3v) is 5.41. The monoisotopic (exact) mass is 425 g/mol. The SMILES string of the molecule is C#CCN1C(=O)[C@@](O)(CC(=O)c2c(C)cc(C)cc2C)c2cc(Br)ccc21. The zero-order valence-electron chi connectivity index (χ0n) is 15.5. The van der Waals surface area contributed by atoms with Gasteiger partial charge in [-0.05, 0) is 50.1 Å². The summed E-state index contributed by atoms with van der Waals surface area (Å²) < 4.78 is 0.713. The molecule has 5 heteroatoms. The van der Waals surface area contributed by atoms with E-state index in [0.29, 0.717) is 21.3 Å². The van der Waals surface area contributed by atoms with Crippen LogP contribution in [0.15, 0.2) is 34.8 Å². The van der Waals surface area contributed by atoms with E-state index in [1.54, 1.807) is 18.2 Å². The molecular weight excluding hydrogens is 406 g/mol. The fourth-order valence-electron chi connectivity index (χ4n) is 3.88. The lowest BCUT2D eigenvalue weighted by molar-refractivity contribution is -0.135. The second kappa shape index (κ2) is 6.95. The van der Waals surface area contributed by atoms with Gasteiger partial charge in [-0.2, -0.15) is 0 Å². The topological polar surface area (TPSA) is 57.6 Å². The molecule has 0 radical (unpaired) electrons. The molecule has 0 aromatic heterocycles. The van der Waals surface area contributed by atoms with E-state index >= 15 is 0 Å². The Hall–Kier alpha value is -2.42. The Labute approximate surface area is 167 Å². The Balaban J connectivity index is 2.06. The van der Waals surface area contributed by atoms with Crippen LogP contribution >= 0.6 is 15.9 Å². The van der Waals surface area contributed by atoms with E-state index in [0.717, 1.165) is 16.7 Å². The van der Waals surface area contributed by atoms with Crippen LogP contribution in [0.1, 0.15) is 39.0 Å². The Kier molecular flexibility index (Phi) is 4.98. The zero-order valence-corrected chi connectivity index (χ0v) is 17.1.